The van der Waals surface area contributed by atoms with Crippen molar-refractivity contribution in [3.63, 3.8) is 0 Å². The molecule has 0 aromatic carbocycles. The van der Waals surface area contributed by atoms with Gasteiger partial charge in [-0.2, -0.15) is 0 Å². The Kier molecular flexibility index (Phi) is 0.850. The van der Waals surface area contributed by atoms with Crippen molar-refractivity contribution in [3.05, 3.63) is 0 Å². The first-order chi connectivity index (χ1) is 4.37. The third-order valence-electron chi connectivity index (χ3n) is 3.56. The fourth-order valence-electron chi connectivity index (χ4n) is 2.46. The summed E-state index contributed by atoms with van der Waals surface area (Å²) in [5.74, 6) is 0. The van der Waals surface area contributed by atoms with Gasteiger partial charge in [-0.3, -0.25) is 0 Å². The molecular weight excluding hydrogens is 127 g/mol. The van der Waals surface area contributed by atoms with Crippen molar-refractivity contribution in [2.24, 2.45) is 10.8 Å². The summed E-state index contributed by atoms with van der Waals surface area (Å²) in [6, 6.07) is 0. The molecule has 3 aliphatic carbocycles. The summed E-state index contributed by atoms with van der Waals surface area (Å²) in [6.45, 7) is 6.68. The van der Waals surface area contributed by atoms with E-state index in [1.807, 2.05) is 0 Å². The van der Waals surface area contributed by atoms with Crippen molar-refractivity contribution in [1.29, 1.82) is 0 Å². The molecule has 3 aliphatic rings. The Morgan fingerprint density at radius 2 is 1.50 bits per heavy atom. The molecule has 0 aromatic rings. The molecule has 0 N–H and O–H groups in total. The molecule has 0 nitrogen and oxygen atoms in total. The SMILES string of the molecule is CC(C)(C)C12CC(F)(C1)C2. The van der Waals surface area contributed by atoms with Crippen LogP contribution < -0.4 is 0 Å². The zero-order valence-corrected chi connectivity index (χ0v) is 7.00. The molecule has 0 unspecified atom stereocenters. The van der Waals surface area contributed by atoms with E-state index in [9.17, 15) is 4.39 Å². The lowest BCUT2D eigenvalue weighted by Crippen LogP contribution is -2.69. The van der Waals surface area contributed by atoms with Gasteiger partial charge in [-0.15, -0.1) is 0 Å². The maximum absolute atomic E-state index is 13.0. The van der Waals surface area contributed by atoms with Gasteiger partial charge in [0, 0.05) is 0 Å². The molecule has 3 rings (SSSR count). The largest absolute Gasteiger partial charge is 0.244 e. The Hall–Kier alpha value is -0.0700. The number of halogens is 1. The molecule has 0 aliphatic heterocycles. The molecular formula is C9H15F. The summed E-state index contributed by atoms with van der Waals surface area (Å²) < 4.78 is 13.0. The average molecular weight is 142 g/mol. The predicted octanol–water partition coefficient (Wildman–Crippen LogP) is 2.92. The minimum Gasteiger partial charge on any atom is -0.244 e. The second kappa shape index (κ2) is 1.28. The van der Waals surface area contributed by atoms with Gasteiger partial charge in [-0.25, -0.2) is 4.39 Å². The summed E-state index contributed by atoms with van der Waals surface area (Å²) in [5, 5.41) is 0. The first kappa shape index (κ1) is 6.63. The number of hydrogen-bond donors (Lipinski definition) is 0. The van der Waals surface area contributed by atoms with E-state index in [1.165, 1.54) is 0 Å². The van der Waals surface area contributed by atoms with E-state index in [0.717, 1.165) is 19.3 Å². The number of hydrogen-bond acceptors (Lipinski definition) is 0. The molecule has 0 saturated heterocycles. The average Bonchev–Trinajstić information content (AvgIpc) is 1.51. The molecule has 1 heteroatoms. The van der Waals surface area contributed by atoms with E-state index in [-0.39, 0.29) is 0 Å². The summed E-state index contributed by atoms with van der Waals surface area (Å²) in [5.41, 5.74) is 0.00979. The molecule has 3 saturated carbocycles. The Labute approximate surface area is 61.8 Å². The topological polar surface area (TPSA) is 0 Å². The summed E-state index contributed by atoms with van der Waals surface area (Å²) in [6.07, 6.45) is 2.51. The number of alkyl halides is 1. The molecule has 0 radical (unpaired) electrons. The van der Waals surface area contributed by atoms with Crippen LogP contribution in [0.5, 0.6) is 0 Å². The van der Waals surface area contributed by atoms with Crippen LogP contribution >= 0.6 is 0 Å². The van der Waals surface area contributed by atoms with Crippen LogP contribution in [0.3, 0.4) is 0 Å². The van der Waals surface area contributed by atoms with Crippen LogP contribution in [0.4, 0.5) is 4.39 Å². The molecule has 0 spiro atoms. The Balaban J connectivity index is 2.11. The lowest BCUT2D eigenvalue weighted by molar-refractivity contribution is -0.263. The zero-order valence-electron chi connectivity index (χ0n) is 7.00. The first-order valence-corrected chi connectivity index (χ1v) is 4.06. The maximum atomic E-state index is 13.0. The van der Waals surface area contributed by atoms with Crippen molar-refractivity contribution < 1.29 is 4.39 Å². The Bertz CT molecular complexity index is 156. The summed E-state index contributed by atoms with van der Waals surface area (Å²) >= 11 is 0. The van der Waals surface area contributed by atoms with Gasteiger partial charge in [-0.1, -0.05) is 20.8 Å². The minimum atomic E-state index is -0.715. The molecule has 0 amide bonds. The van der Waals surface area contributed by atoms with E-state index in [1.54, 1.807) is 0 Å². The number of rotatable bonds is 0. The Morgan fingerprint density at radius 3 is 1.60 bits per heavy atom. The van der Waals surface area contributed by atoms with Crippen LogP contribution in [0, 0.1) is 10.8 Å². The highest BCUT2D eigenvalue weighted by molar-refractivity contribution is 5.22. The smallest absolute Gasteiger partial charge is 0.112 e. The highest BCUT2D eigenvalue weighted by Crippen LogP contribution is 2.75. The maximum Gasteiger partial charge on any atom is 0.112 e. The molecule has 10 heavy (non-hydrogen) atoms. The van der Waals surface area contributed by atoms with Crippen LogP contribution in [0.25, 0.3) is 0 Å². The van der Waals surface area contributed by atoms with Crippen LogP contribution in [0.15, 0.2) is 0 Å². The second-order valence-corrected chi connectivity index (χ2v) is 5.21. The molecule has 2 bridgehead atoms. The van der Waals surface area contributed by atoms with E-state index >= 15 is 0 Å². The van der Waals surface area contributed by atoms with Gasteiger partial charge in [0.15, 0.2) is 0 Å². The zero-order chi connectivity index (χ0) is 7.62. The molecule has 0 heterocycles. The standard InChI is InChI=1S/C9H15F/c1-7(2,3)8-4-9(10,5-8)6-8/h4-6H2,1-3H3. The van der Waals surface area contributed by atoms with Crippen molar-refractivity contribution in [2.45, 2.75) is 45.7 Å². The van der Waals surface area contributed by atoms with Crippen molar-refractivity contribution in [3.8, 4) is 0 Å². The molecule has 0 aromatic heterocycles. The van der Waals surface area contributed by atoms with Gasteiger partial charge in [0.25, 0.3) is 0 Å². The van der Waals surface area contributed by atoms with Crippen LogP contribution in [-0.2, 0) is 0 Å². The highest BCUT2D eigenvalue weighted by atomic mass is 19.1. The van der Waals surface area contributed by atoms with Crippen molar-refractivity contribution in [1.82, 2.24) is 0 Å². The fourth-order valence-corrected chi connectivity index (χ4v) is 2.46. The summed E-state index contributed by atoms with van der Waals surface area (Å²) in [4.78, 5) is 0. The van der Waals surface area contributed by atoms with Crippen molar-refractivity contribution >= 4 is 0 Å². The minimum absolute atomic E-state index is 0.334. The Morgan fingerprint density at radius 1 is 1.10 bits per heavy atom. The van der Waals surface area contributed by atoms with E-state index < -0.39 is 5.67 Å². The van der Waals surface area contributed by atoms with Crippen molar-refractivity contribution in [2.75, 3.05) is 0 Å². The van der Waals surface area contributed by atoms with E-state index in [4.69, 9.17) is 0 Å². The van der Waals surface area contributed by atoms with Crippen LogP contribution in [0.2, 0.25) is 0 Å². The monoisotopic (exact) mass is 142 g/mol. The van der Waals surface area contributed by atoms with Gasteiger partial charge in [0.1, 0.15) is 5.67 Å². The molecule has 3 fully saturated rings. The van der Waals surface area contributed by atoms with Crippen LogP contribution in [-0.4, -0.2) is 5.67 Å². The van der Waals surface area contributed by atoms with Gasteiger partial charge in [0.2, 0.25) is 0 Å². The second-order valence-electron chi connectivity index (χ2n) is 5.21. The van der Waals surface area contributed by atoms with Gasteiger partial charge < -0.3 is 0 Å². The summed E-state index contributed by atoms with van der Waals surface area (Å²) in [7, 11) is 0. The van der Waals surface area contributed by atoms with E-state index in [2.05, 4.69) is 20.8 Å². The highest BCUT2D eigenvalue weighted by Gasteiger charge is 2.72. The quantitative estimate of drug-likeness (QED) is 0.488. The third-order valence-corrected chi connectivity index (χ3v) is 3.56. The molecule has 0 atom stereocenters. The molecule has 58 valence electrons. The van der Waals surface area contributed by atoms with Gasteiger partial charge in [0.05, 0.1) is 0 Å². The third kappa shape index (κ3) is 0.525. The first-order valence-electron chi connectivity index (χ1n) is 4.06. The predicted molar refractivity (Wildman–Crippen MR) is 39.6 cm³/mol. The lowest BCUT2D eigenvalue weighted by Gasteiger charge is -2.71. The van der Waals surface area contributed by atoms with Gasteiger partial charge >= 0.3 is 0 Å². The van der Waals surface area contributed by atoms with Crippen LogP contribution in [0.1, 0.15) is 40.0 Å². The fraction of sp³-hybridized carbons (Fsp3) is 1.00. The normalized spacial score (nSPS) is 51.6. The lowest BCUT2D eigenvalue weighted by atomic mass is 9.35. The van der Waals surface area contributed by atoms with Gasteiger partial charge in [-0.05, 0) is 30.1 Å². The van der Waals surface area contributed by atoms with E-state index in [0.29, 0.717) is 10.8 Å².